The third kappa shape index (κ3) is 38.2. The molecule has 13 nitrogen and oxygen atoms in total. The molecule has 1 atom stereocenters. The number of ketones is 2. The summed E-state index contributed by atoms with van der Waals surface area (Å²) in [6, 6.07) is -0.902. The van der Waals surface area contributed by atoms with E-state index in [4.69, 9.17) is 20.3 Å². The molecule has 0 aliphatic carbocycles. The second kappa shape index (κ2) is 35.5. The average Bonchev–Trinajstić information content (AvgIpc) is 3.06. The van der Waals surface area contributed by atoms with Gasteiger partial charge in [0, 0.05) is 31.7 Å². The van der Waals surface area contributed by atoms with Crippen LogP contribution in [0.3, 0.4) is 0 Å². The molecule has 0 radical (unpaired) electrons. The summed E-state index contributed by atoms with van der Waals surface area (Å²) in [6.07, 6.45) is 17.8. The van der Waals surface area contributed by atoms with Crippen LogP contribution in [0.5, 0.6) is 0 Å². The lowest BCUT2D eigenvalue weighted by Crippen LogP contribution is -2.42. The van der Waals surface area contributed by atoms with Crippen molar-refractivity contribution >= 4 is 35.3 Å². The van der Waals surface area contributed by atoms with Crippen LogP contribution in [0.25, 0.3) is 0 Å². The fourth-order valence-corrected chi connectivity index (χ4v) is 4.84. The number of carbonyl (C=O) groups excluding carboxylic acids is 4. The standard InChI is InChI=1S/C35H62N2O10.C3H9N/c1-28(2)31(39)27-47-26-25-46-24-23-36-34(43)30(38)22-21-29(35(44)45)37-32(40)19-17-15-13-11-9-7-5-3-4-6-8-10-12-14-16-18-20-33(41)42;1-3(2)4/h28-29H,3-27H2,1-2H3,(H,36,43)(H,37,40)(H,41,42)(H,44,45);3H,4H2,1-2H3/t29-;/m0./s1. The van der Waals surface area contributed by atoms with Crippen LogP contribution < -0.4 is 16.4 Å². The number of hydrogen-bond donors (Lipinski definition) is 5. The van der Waals surface area contributed by atoms with Gasteiger partial charge in [0.15, 0.2) is 5.78 Å². The van der Waals surface area contributed by atoms with Gasteiger partial charge >= 0.3 is 11.9 Å². The summed E-state index contributed by atoms with van der Waals surface area (Å²) in [6.45, 7) is 8.21. The van der Waals surface area contributed by atoms with E-state index in [9.17, 15) is 33.9 Å². The lowest BCUT2D eigenvalue weighted by atomic mass is 10.0. The minimum Gasteiger partial charge on any atom is -0.481 e. The number of aliphatic carboxylic acids is 2. The molecule has 0 aromatic heterocycles. The molecule has 51 heavy (non-hydrogen) atoms. The lowest BCUT2D eigenvalue weighted by molar-refractivity contribution is -0.143. The van der Waals surface area contributed by atoms with E-state index in [0.717, 1.165) is 38.5 Å². The van der Waals surface area contributed by atoms with Crippen LogP contribution in [0.15, 0.2) is 0 Å². The van der Waals surface area contributed by atoms with Crippen molar-refractivity contribution in [2.24, 2.45) is 11.7 Å². The van der Waals surface area contributed by atoms with Crippen LogP contribution in [-0.4, -0.2) is 90.6 Å². The first-order chi connectivity index (χ1) is 24.3. The molecule has 0 aliphatic heterocycles. The molecule has 2 amide bonds. The van der Waals surface area contributed by atoms with E-state index in [1.54, 1.807) is 13.8 Å². The maximum atomic E-state index is 12.3. The zero-order chi connectivity index (χ0) is 38.7. The number of nitrogens with two attached hydrogens (primary N) is 1. The van der Waals surface area contributed by atoms with Crippen LogP contribution in [0, 0.1) is 5.92 Å². The second-order valence-electron chi connectivity index (χ2n) is 13.8. The molecule has 0 rings (SSSR count). The zero-order valence-corrected chi connectivity index (χ0v) is 32.1. The summed E-state index contributed by atoms with van der Waals surface area (Å²) in [5.74, 6) is -4.01. The van der Waals surface area contributed by atoms with E-state index >= 15 is 0 Å². The summed E-state index contributed by atoms with van der Waals surface area (Å²) < 4.78 is 10.5. The van der Waals surface area contributed by atoms with Gasteiger partial charge in [-0.1, -0.05) is 118 Å². The maximum Gasteiger partial charge on any atom is 0.326 e. The molecule has 298 valence electrons. The highest BCUT2D eigenvalue weighted by atomic mass is 16.5. The van der Waals surface area contributed by atoms with Crippen molar-refractivity contribution in [3.8, 4) is 0 Å². The topological polar surface area (TPSA) is 211 Å². The van der Waals surface area contributed by atoms with Crippen molar-refractivity contribution < 1.29 is 48.5 Å². The smallest absolute Gasteiger partial charge is 0.326 e. The van der Waals surface area contributed by atoms with Gasteiger partial charge in [0.05, 0.1) is 19.8 Å². The monoisotopic (exact) mass is 730 g/mol. The number of amides is 2. The summed E-state index contributed by atoms with van der Waals surface area (Å²) in [5.41, 5.74) is 5.11. The predicted octanol–water partition coefficient (Wildman–Crippen LogP) is 5.74. The minimum absolute atomic E-state index is 0.00305. The van der Waals surface area contributed by atoms with Crippen molar-refractivity contribution in [2.75, 3.05) is 33.0 Å². The molecule has 0 bridgehead atoms. The van der Waals surface area contributed by atoms with Crippen molar-refractivity contribution in [3.05, 3.63) is 0 Å². The fraction of sp³-hybridized carbons (Fsp3) is 0.842. The van der Waals surface area contributed by atoms with Gasteiger partial charge < -0.3 is 36.1 Å². The van der Waals surface area contributed by atoms with E-state index < -0.39 is 29.7 Å². The molecule has 0 aromatic rings. The molecule has 0 aliphatic rings. The van der Waals surface area contributed by atoms with E-state index in [2.05, 4.69) is 10.6 Å². The van der Waals surface area contributed by atoms with Crippen molar-refractivity contribution in [1.29, 1.82) is 0 Å². The van der Waals surface area contributed by atoms with Crippen molar-refractivity contribution in [1.82, 2.24) is 10.6 Å². The Kier molecular flexibility index (Phi) is 35.0. The molecule has 6 N–H and O–H groups in total. The Labute approximate surface area is 306 Å². The molecule has 0 unspecified atom stereocenters. The molecule has 0 saturated carbocycles. The molecule has 0 spiro atoms. The third-order valence-corrected chi connectivity index (χ3v) is 7.88. The zero-order valence-electron chi connectivity index (χ0n) is 32.1. The highest BCUT2D eigenvalue weighted by Gasteiger charge is 2.23. The predicted molar refractivity (Wildman–Crippen MR) is 198 cm³/mol. The van der Waals surface area contributed by atoms with Crippen LogP contribution in [-0.2, 0) is 38.2 Å². The van der Waals surface area contributed by atoms with Gasteiger partial charge in [-0.05, 0) is 25.3 Å². The Morgan fingerprint density at radius 2 is 1.04 bits per heavy atom. The average molecular weight is 730 g/mol. The molecule has 0 heterocycles. The summed E-state index contributed by atoms with van der Waals surface area (Å²) in [4.78, 5) is 69.9. The van der Waals surface area contributed by atoms with Gasteiger partial charge in [0.1, 0.15) is 12.6 Å². The van der Waals surface area contributed by atoms with Crippen molar-refractivity contribution in [3.63, 3.8) is 0 Å². The Morgan fingerprint density at radius 1 is 0.608 bits per heavy atom. The molecule has 0 fully saturated rings. The Hall–Kier alpha value is -2.90. The largest absolute Gasteiger partial charge is 0.481 e. The number of carboxylic acid groups (broad SMARTS) is 2. The number of nitrogens with one attached hydrogen (secondary N) is 2. The quantitative estimate of drug-likeness (QED) is 0.0398. The highest BCUT2D eigenvalue weighted by Crippen LogP contribution is 2.14. The Morgan fingerprint density at radius 3 is 1.47 bits per heavy atom. The van der Waals surface area contributed by atoms with Gasteiger partial charge in [-0.15, -0.1) is 0 Å². The van der Waals surface area contributed by atoms with Crippen LogP contribution in [0.1, 0.15) is 156 Å². The van der Waals surface area contributed by atoms with Gasteiger partial charge in [-0.25, -0.2) is 4.79 Å². The molecular weight excluding hydrogens is 658 g/mol. The summed E-state index contributed by atoms with van der Waals surface area (Å²) >= 11 is 0. The number of carbonyl (C=O) groups is 6. The number of hydrogen-bond acceptors (Lipinski definition) is 9. The number of ether oxygens (including phenoxy) is 2. The first kappa shape index (κ1) is 50.2. The SMILES string of the molecule is CC(C)C(=O)COCCOCCNC(=O)C(=O)CC[C@H](NC(=O)CCCCCCCCCCCCCCCCCCC(=O)O)C(=O)O.CC(C)N. The lowest BCUT2D eigenvalue weighted by Gasteiger charge is -2.14. The van der Waals surface area contributed by atoms with E-state index in [1.807, 2.05) is 13.8 Å². The van der Waals surface area contributed by atoms with Gasteiger partial charge in [-0.2, -0.15) is 0 Å². The number of unbranched alkanes of at least 4 members (excludes halogenated alkanes) is 15. The highest BCUT2D eigenvalue weighted by molar-refractivity contribution is 6.36. The number of rotatable bonds is 34. The summed E-state index contributed by atoms with van der Waals surface area (Å²) in [5, 5.41) is 23.0. The Bertz CT molecular complexity index is 940. The van der Waals surface area contributed by atoms with E-state index in [0.29, 0.717) is 12.5 Å². The number of carboxylic acids is 2. The molecule has 0 aromatic carbocycles. The van der Waals surface area contributed by atoms with Crippen LogP contribution in [0.2, 0.25) is 0 Å². The van der Waals surface area contributed by atoms with Gasteiger partial charge in [0.25, 0.3) is 5.91 Å². The third-order valence-electron chi connectivity index (χ3n) is 7.88. The summed E-state index contributed by atoms with van der Waals surface area (Å²) in [7, 11) is 0. The number of Topliss-reactive ketones (excluding diaryl/α,β-unsaturated/α-hetero) is 2. The first-order valence-electron chi connectivity index (χ1n) is 19.3. The van der Waals surface area contributed by atoms with Crippen LogP contribution >= 0.6 is 0 Å². The van der Waals surface area contributed by atoms with Gasteiger partial charge in [-0.3, -0.25) is 24.0 Å². The second-order valence-corrected chi connectivity index (χ2v) is 13.8. The minimum atomic E-state index is -1.25. The van der Waals surface area contributed by atoms with Crippen molar-refractivity contribution in [2.45, 2.75) is 168 Å². The maximum absolute atomic E-state index is 12.3. The van der Waals surface area contributed by atoms with E-state index in [-0.39, 0.29) is 76.3 Å². The van der Waals surface area contributed by atoms with Gasteiger partial charge in [0.2, 0.25) is 11.7 Å². The molecule has 13 heteroatoms. The molecule has 0 saturated heterocycles. The molecular formula is C38H71N3O10. The Balaban J connectivity index is 0. The van der Waals surface area contributed by atoms with E-state index in [1.165, 1.54) is 57.8 Å². The van der Waals surface area contributed by atoms with Crippen LogP contribution in [0.4, 0.5) is 0 Å². The fourth-order valence-electron chi connectivity index (χ4n) is 4.84. The normalized spacial score (nSPS) is 11.5. The first-order valence-corrected chi connectivity index (χ1v) is 19.3.